The first-order chi connectivity index (χ1) is 12.7. The molecular formula is C18H16FN3O2S2. The number of hydrogen-bond acceptors (Lipinski definition) is 6. The summed E-state index contributed by atoms with van der Waals surface area (Å²) in [5, 5.41) is 10.3. The number of amides is 1. The van der Waals surface area contributed by atoms with E-state index in [1.54, 1.807) is 23.9 Å². The number of aryl methyl sites for hydroxylation is 1. The van der Waals surface area contributed by atoms with Crippen molar-refractivity contribution >= 4 is 35.4 Å². The van der Waals surface area contributed by atoms with Crippen LogP contribution >= 0.6 is 23.5 Å². The van der Waals surface area contributed by atoms with Gasteiger partial charge in [-0.1, -0.05) is 23.3 Å². The van der Waals surface area contributed by atoms with E-state index in [1.807, 2.05) is 30.3 Å². The van der Waals surface area contributed by atoms with Gasteiger partial charge in [0, 0.05) is 22.0 Å². The zero-order valence-electron chi connectivity index (χ0n) is 13.7. The third-order valence-electron chi connectivity index (χ3n) is 3.22. The quantitative estimate of drug-likeness (QED) is 0.580. The minimum absolute atomic E-state index is 0.0921. The molecule has 1 N–H and O–H groups in total. The lowest BCUT2D eigenvalue weighted by Gasteiger charge is -2.01. The van der Waals surface area contributed by atoms with Crippen LogP contribution in [-0.2, 0) is 11.2 Å². The van der Waals surface area contributed by atoms with Gasteiger partial charge in [0.05, 0.1) is 5.75 Å². The molecule has 0 atom stereocenters. The SMILES string of the molecule is O=C(CSc1ccc(F)cc1)Nc1nnc(CCSc2ccccc2)o1. The fourth-order valence-corrected chi connectivity index (χ4v) is 3.57. The summed E-state index contributed by atoms with van der Waals surface area (Å²) in [4.78, 5) is 13.9. The van der Waals surface area contributed by atoms with Gasteiger partial charge < -0.3 is 4.42 Å². The van der Waals surface area contributed by atoms with Crippen LogP contribution in [0, 0.1) is 5.82 Å². The highest BCUT2D eigenvalue weighted by Gasteiger charge is 2.10. The Kier molecular flexibility index (Phi) is 6.68. The van der Waals surface area contributed by atoms with Crippen LogP contribution in [0.5, 0.6) is 0 Å². The minimum atomic E-state index is -0.303. The smallest absolute Gasteiger partial charge is 0.322 e. The Bertz CT molecular complexity index is 841. The molecule has 0 aliphatic carbocycles. The van der Waals surface area contributed by atoms with E-state index in [9.17, 15) is 9.18 Å². The number of hydrogen-bond donors (Lipinski definition) is 1. The third-order valence-corrected chi connectivity index (χ3v) is 5.25. The van der Waals surface area contributed by atoms with Gasteiger partial charge in [0.15, 0.2) is 0 Å². The fraction of sp³-hybridized carbons (Fsp3) is 0.167. The monoisotopic (exact) mass is 389 g/mol. The van der Waals surface area contributed by atoms with Gasteiger partial charge in [-0.3, -0.25) is 10.1 Å². The van der Waals surface area contributed by atoms with Crippen molar-refractivity contribution in [3.05, 3.63) is 66.3 Å². The Morgan fingerprint density at radius 3 is 2.50 bits per heavy atom. The first-order valence-electron chi connectivity index (χ1n) is 7.87. The van der Waals surface area contributed by atoms with E-state index < -0.39 is 0 Å². The molecule has 3 aromatic rings. The maximum atomic E-state index is 12.8. The molecule has 0 saturated heterocycles. The molecular weight excluding hydrogens is 373 g/mol. The largest absolute Gasteiger partial charge is 0.408 e. The Labute approximate surface area is 158 Å². The maximum Gasteiger partial charge on any atom is 0.322 e. The highest BCUT2D eigenvalue weighted by Crippen LogP contribution is 2.20. The summed E-state index contributed by atoms with van der Waals surface area (Å²) in [5.41, 5.74) is 0. The van der Waals surface area contributed by atoms with E-state index >= 15 is 0 Å². The first kappa shape index (κ1) is 18.5. The number of halogens is 1. The van der Waals surface area contributed by atoms with E-state index in [0.29, 0.717) is 12.3 Å². The summed E-state index contributed by atoms with van der Waals surface area (Å²) in [6.45, 7) is 0. The van der Waals surface area contributed by atoms with Gasteiger partial charge in [-0.15, -0.1) is 28.6 Å². The van der Waals surface area contributed by atoms with Crippen LogP contribution in [0.1, 0.15) is 5.89 Å². The molecule has 0 unspecified atom stereocenters. The molecule has 0 spiro atoms. The van der Waals surface area contributed by atoms with Gasteiger partial charge in [0.1, 0.15) is 5.82 Å². The van der Waals surface area contributed by atoms with Crippen LogP contribution in [0.2, 0.25) is 0 Å². The van der Waals surface area contributed by atoms with Crippen LogP contribution < -0.4 is 5.32 Å². The Balaban J connectivity index is 1.41. The highest BCUT2D eigenvalue weighted by atomic mass is 32.2. The molecule has 0 saturated carbocycles. The van der Waals surface area contributed by atoms with Gasteiger partial charge >= 0.3 is 6.01 Å². The standard InChI is InChI=1S/C18H16FN3O2S2/c19-13-6-8-15(9-7-13)26-12-16(23)20-18-22-21-17(24-18)10-11-25-14-4-2-1-3-5-14/h1-9H,10-12H2,(H,20,22,23). The summed E-state index contributed by atoms with van der Waals surface area (Å²) in [7, 11) is 0. The number of nitrogens with zero attached hydrogens (tertiary/aromatic N) is 2. The second-order valence-electron chi connectivity index (χ2n) is 5.20. The molecule has 3 rings (SSSR count). The molecule has 2 aromatic carbocycles. The average molecular weight is 389 g/mol. The number of rotatable bonds is 8. The Hall–Kier alpha value is -2.32. The van der Waals surface area contributed by atoms with Crippen LogP contribution in [-0.4, -0.2) is 27.6 Å². The van der Waals surface area contributed by atoms with Gasteiger partial charge in [0.25, 0.3) is 0 Å². The van der Waals surface area contributed by atoms with Crippen LogP contribution in [0.25, 0.3) is 0 Å². The van der Waals surface area contributed by atoms with Crippen LogP contribution in [0.3, 0.4) is 0 Å². The van der Waals surface area contributed by atoms with E-state index in [0.717, 1.165) is 10.6 Å². The number of carbonyl (C=O) groups excluding carboxylic acids is 1. The topological polar surface area (TPSA) is 68.0 Å². The molecule has 0 radical (unpaired) electrons. The van der Waals surface area contributed by atoms with Crippen molar-refractivity contribution in [2.24, 2.45) is 0 Å². The molecule has 0 fully saturated rings. The molecule has 26 heavy (non-hydrogen) atoms. The maximum absolute atomic E-state index is 12.8. The summed E-state index contributed by atoms with van der Waals surface area (Å²) in [6.07, 6.45) is 0.618. The zero-order valence-corrected chi connectivity index (χ0v) is 15.4. The minimum Gasteiger partial charge on any atom is -0.408 e. The number of nitrogens with one attached hydrogen (secondary N) is 1. The van der Waals surface area contributed by atoms with Crippen molar-refractivity contribution in [3.8, 4) is 0 Å². The molecule has 0 aliphatic rings. The van der Waals surface area contributed by atoms with E-state index in [4.69, 9.17) is 4.42 Å². The van der Waals surface area contributed by atoms with Crippen molar-refractivity contribution in [2.75, 3.05) is 16.8 Å². The number of thioether (sulfide) groups is 2. The summed E-state index contributed by atoms with van der Waals surface area (Å²) in [6, 6.07) is 16.1. The first-order valence-corrected chi connectivity index (χ1v) is 9.84. The molecule has 134 valence electrons. The molecule has 5 nitrogen and oxygen atoms in total. The van der Waals surface area contributed by atoms with Gasteiger partial charge in [-0.05, 0) is 36.4 Å². The predicted octanol–water partition coefficient (Wildman–Crippen LogP) is 4.27. The lowest BCUT2D eigenvalue weighted by Crippen LogP contribution is -2.14. The summed E-state index contributed by atoms with van der Waals surface area (Å²) in [5.74, 6) is 0.901. The Morgan fingerprint density at radius 1 is 1.00 bits per heavy atom. The second kappa shape index (κ2) is 9.40. The van der Waals surface area contributed by atoms with Crippen LogP contribution in [0.4, 0.5) is 10.4 Å². The van der Waals surface area contributed by atoms with E-state index in [-0.39, 0.29) is 23.5 Å². The number of benzene rings is 2. The number of carbonyl (C=O) groups is 1. The van der Waals surface area contributed by atoms with Gasteiger partial charge in [-0.25, -0.2) is 4.39 Å². The lowest BCUT2D eigenvalue weighted by atomic mass is 10.4. The molecule has 1 amide bonds. The second-order valence-corrected chi connectivity index (χ2v) is 7.42. The Morgan fingerprint density at radius 2 is 1.73 bits per heavy atom. The average Bonchev–Trinajstić information content (AvgIpc) is 3.09. The highest BCUT2D eigenvalue weighted by molar-refractivity contribution is 8.00. The molecule has 8 heteroatoms. The van der Waals surface area contributed by atoms with E-state index in [1.165, 1.54) is 28.8 Å². The summed E-state index contributed by atoms with van der Waals surface area (Å²) >= 11 is 3.00. The lowest BCUT2D eigenvalue weighted by molar-refractivity contribution is -0.113. The van der Waals surface area contributed by atoms with Gasteiger partial charge in [0.2, 0.25) is 11.8 Å². The van der Waals surface area contributed by atoms with Crippen LogP contribution in [0.15, 0.2) is 68.8 Å². The molecule has 0 bridgehead atoms. The zero-order chi connectivity index (χ0) is 18.2. The predicted molar refractivity (Wildman–Crippen MR) is 101 cm³/mol. The normalized spacial score (nSPS) is 10.7. The third kappa shape index (κ3) is 5.89. The van der Waals surface area contributed by atoms with Crippen molar-refractivity contribution in [1.29, 1.82) is 0 Å². The molecule has 0 aliphatic heterocycles. The van der Waals surface area contributed by atoms with Crippen molar-refractivity contribution < 1.29 is 13.6 Å². The van der Waals surface area contributed by atoms with E-state index in [2.05, 4.69) is 15.5 Å². The fourth-order valence-electron chi connectivity index (χ4n) is 2.01. The van der Waals surface area contributed by atoms with Gasteiger partial charge in [-0.2, -0.15) is 0 Å². The van der Waals surface area contributed by atoms with Crippen molar-refractivity contribution in [2.45, 2.75) is 16.2 Å². The summed E-state index contributed by atoms with van der Waals surface area (Å²) < 4.78 is 18.3. The van der Waals surface area contributed by atoms with Crippen molar-refractivity contribution in [1.82, 2.24) is 10.2 Å². The molecule has 1 heterocycles. The molecule has 1 aromatic heterocycles. The van der Waals surface area contributed by atoms with Crippen molar-refractivity contribution in [3.63, 3.8) is 0 Å². The number of anilines is 1. The number of aromatic nitrogens is 2.